The van der Waals surface area contributed by atoms with Crippen LogP contribution in [0.25, 0.3) is 0 Å². The third-order valence-electron chi connectivity index (χ3n) is 3.13. The number of benzene rings is 1. The van der Waals surface area contributed by atoms with E-state index in [0.717, 1.165) is 25.3 Å². The monoisotopic (exact) mass is 263 g/mol. The highest BCUT2D eigenvalue weighted by Gasteiger charge is 2.21. The van der Waals surface area contributed by atoms with Crippen molar-refractivity contribution in [1.29, 1.82) is 5.41 Å². The van der Waals surface area contributed by atoms with Gasteiger partial charge in [-0.1, -0.05) is 18.2 Å². The maximum atomic E-state index is 7.41. The summed E-state index contributed by atoms with van der Waals surface area (Å²) in [5.74, 6) is 1.02. The Balaban J connectivity index is 1.64. The van der Waals surface area contributed by atoms with E-state index in [9.17, 15) is 0 Å². The SMILES string of the molecule is N=C(N)C1CN(CCCOc2ccccc2)CCO1. The molecule has 1 atom stereocenters. The number of para-hydroxylation sites is 1. The standard InChI is InChI=1S/C14H21N3O2/c15-14(16)13-11-17(8-10-19-13)7-4-9-18-12-5-2-1-3-6-12/h1-3,5-6,13H,4,7-11H2,(H3,15,16). The van der Waals surface area contributed by atoms with Gasteiger partial charge >= 0.3 is 0 Å². The average Bonchev–Trinajstić information content (AvgIpc) is 2.45. The molecule has 0 bridgehead atoms. The Kier molecular flexibility index (Phi) is 5.18. The molecular formula is C14H21N3O2. The minimum Gasteiger partial charge on any atom is -0.494 e. The first-order chi connectivity index (χ1) is 9.25. The molecule has 0 aromatic heterocycles. The minimum absolute atomic E-state index is 0.116. The van der Waals surface area contributed by atoms with Crippen LogP contribution in [0.3, 0.4) is 0 Å². The van der Waals surface area contributed by atoms with Crippen molar-refractivity contribution in [3.8, 4) is 5.75 Å². The molecular weight excluding hydrogens is 242 g/mol. The van der Waals surface area contributed by atoms with Gasteiger partial charge in [0.05, 0.1) is 13.2 Å². The zero-order chi connectivity index (χ0) is 13.5. The first kappa shape index (κ1) is 13.8. The van der Waals surface area contributed by atoms with Gasteiger partial charge in [-0.3, -0.25) is 10.3 Å². The Hall–Kier alpha value is -1.59. The molecule has 1 unspecified atom stereocenters. The predicted octanol–water partition coefficient (Wildman–Crippen LogP) is 1.09. The number of hydrogen-bond acceptors (Lipinski definition) is 4. The highest BCUT2D eigenvalue weighted by Crippen LogP contribution is 2.09. The number of morpholine rings is 1. The van der Waals surface area contributed by atoms with Crippen LogP contribution < -0.4 is 10.5 Å². The van der Waals surface area contributed by atoms with Crippen LogP contribution in [0, 0.1) is 5.41 Å². The third kappa shape index (κ3) is 4.54. The molecule has 5 heteroatoms. The van der Waals surface area contributed by atoms with Gasteiger partial charge in [0.2, 0.25) is 0 Å². The molecule has 1 fully saturated rings. The summed E-state index contributed by atoms with van der Waals surface area (Å²) in [6.07, 6.45) is 0.711. The lowest BCUT2D eigenvalue weighted by molar-refractivity contribution is 0.00419. The second-order valence-electron chi connectivity index (χ2n) is 4.63. The second-order valence-corrected chi connectivity index (χ2v) is 4.63. The molecule has 0 aliphatic carbocycles. The van der Waals surface area contributed by atoms with E-state index in [2.05, 4.69) is 4.90 Å². The lowest BCUT2D eigenvalue weighted by atomic mass is 10.2. The van der Waals surface area contributed by atoms with Crippen LogP contribution in [0.1, 0.15) is 6.42 Å². The molecule has 2 rings (SSSR count). The number of rotatable bonds is 6. The van der Waals surface area contributed by atoms with Gasteiger partial charge in [0.25, 0.3) is 0 Å². The Morgan fingerprint density at radius 2 is 2.21 bits per heavy atom. The van der Waals surface area contributed by atoms with Crippen molar-refractivity contribution in [3.63, 3.8) is 0 Å². The van der Waals surface area contributed by atoms with E-state index in [1.165, 1.54) is 0 Å². The van der Waals surface area contributed by atoms with Crippen LogP contribution in [0.4, 0.5) is 0 Å². The predicted molar refractivity (Wildman–Crippen MR) is 74.6 cm³/mol. The van der Waals surface area contributed by atoms with Gasteiger partial charge in [0.1, 0.15) is 17.7 Å². The molecule has 0 radical (unpaired) electrons. The lowest BCUT2D eigenvalue weighted by Crippen LogP contribution is -2.48. The fraction of sp³-hybridized carbons (Fsp3) is 0.500. The normalized spacial score (nSPS) is 20.1. The molecule has 0 amide bonds. The van der Waals surface area contributed by atoms with Gasteiger partial charge in [0.15, 0.2) is 0 Å². The van der Waals surface area contributed by atoms with Crippen molar-refractivity contribution in [1.82, 2.24) is 4.90 Å². The fourth-order valence-electron chi connectivity index (χ4n) is 2.09. The Morgan fingerprint density at radius 3 is 2.95 bits per heavy atom. The zero-order valence-corrected chi connectivity index (χ0v) is 11.0. The Labute approximate surface area is 113 Å². The van der Waals surface area contributed by atoms with Crippen LogP contribution in [-0.4, -0.2) is 49.7 Å². The Morgan fingerprint density at radius 1 is 1.42 bits per heavy atom. The number of nitrogens with zero attached hydrogens (tertiary/aromatic N) is 1. The minimum atomic E-state index is -0.246. The first-order valence-electron chi connectivity index (χ1n) is 6.61. The number of nitrogens with one attached hydrogen (secondary N) is 1. The van der Waals surface area contributed by atoms with Crippen LogP contribution in [0.5, 0.6) is 5.75 Å². The summed E-state index contributed by atoms with van der Waals surface area (Å²) in [7, 11) is 0. The molecule has 1 heterocycles. The molecule has 104 valence electrons. The lowest BCUT2D eigenvalue weighted by Gasteiger charge is -2.32. The number of nitrogens with two attached hydrogens (primary N) is 1. The van der Waals surface area contributed by atoms with Gasteiger partial charge in [-0.2, -0.15) is 0 Å². The van der Waals surface area contributed by atoms with Crippen molar-refractivity contribution in [2.75, 3.05) is 32.8 Å². The quantitative estimate of drug-likeness (QED) is 0.458. The summed E-state index contributed by atoms with van der Waals surface area (Å²) >= 11 is 0. The van der Waals surface area contributed by atoms with Gasteiger partial charge in [-0.15, -0.1) is 0 Å². The zero-order valence-electron chi connectivity index (χ0n) is 11.0. The Bertz CT molecular complexity index is 397. The third-order valence-corrected chi connectivity index (χ3v) is 3.13. The van der Waals surface area contributed by atoms with E-state index in [-0.39, 0.29) is 11.9 Å². The molecule has 1 aliphatic heterocycles. The molecule has 0 saturated carbocycles. The largest absolute Gasteiger partial charge is 0.494 e. The van der Waals surface area contributed by atoms with Crippen molar-refractivity contribution < 1.29 is 9.47 Å². The molecule has 1 saturated heterocycles. The van der Waals surface area contributed by atoms with Gasteiger partial charge in [0, 0.05) is 19.6 Å². The van der Waals surface area contributed by atoms with Crippen molar-refractivity contribution in [2.24, 2.45) is 5.73 Å². The fourth-order valence-corrected chi connectivity index (χ4v) is 2.09. The van der Waals surface area contributed by atoms with E-state index in [1.807, 2.05) is 30.3 Å². The maximum absolute atomic E-state index is 7.41. The number of ether oxygens (including phenoxy) is 2. The van der Waals surface area contributed by atoms with Crippen LogP contribution in [-0.2, 0) is 4.74 Å². The summed E-state index contributed by atoms with van der Waals surface area (Å²) in [6.45, 7) is 3.89. The van der Waals surface area contributed by atoms with E-state index in [1.54, 1.807) is 0 Å². The maximum Gasteiger partial charge on any atom is 0.127 e. The molecule has 1 aromatic carbocycles. The van der Waals surface area contributed by atoms with Crippen molar-refractivity contribution in [3.05, 3.63) is 30.3 Å². The number of hydrogen-bond donors (Lipinski definition) is 2. The average molecular weight is 263 g/mol. The van der Waals surface area contributed by atoms with Gasteiger partial charge < -0.3 is 15.2 Å². The molecule has 5 nitrogen and oxygen atoms in total. The molecule has 3 N–H and O–H groups in total. The first-order valence-corrected chi connectivity index (χ1v) is 6.61. The van der Waals surface area contributed by atoms with E-state index in [4.69, 9.17) is 20.6 Å². The summed E-state index contributed by atoms with van der Waals surface area (Å²) < 4.78 is 11.1. The van der Waals surface area contributed by atoms with E-state index < -0.39 is 0 Å². The van der Waals surface area contributed by atoms with Crippen LogP contribution in [0.2, 0.25) is 0 Å². The summed E-state index contributed by atoms with van der Waals surface area (Å²) in [4.78, 5) is 2.27. The van der Waals surface area contributed by atoms with Crippen molar-refractivity contribution in [2.45, 2.75) is 12.5 Å². The highest BCUT2D eigenvalue weighted by molar-refractivity contribution is 5.82. The highest BCUT2D eigenvalue weighted by atomic mass is 16.5. The van der Waals surface area contributed by atoms with E-state index >= 15 is 0 Å². The molecule has 0 spiro atoms. The van der Waals surface area contributed by atoms with Crippen LogP contribution in [0.15, 0.2) is 30.3 Å². The smallest absolute Gasteiger partial charge is 0.127 e. The number of amidine groups is 1. The molecule has 1 aromatic rings. The van der Waals surface area contributed by atoms with Crippen LogP contribution >= 0.6 is 0 Å². The van der Waals surface area contributed by atoms with E-state index in [0.29, 0.717) is 19.8 Å². The summed E-state index contributed by atoms with van der Waals surface area (Å²) in [6, 6.07) is 9.83. The second kappa shape index (κ2) is 7.11. The summed E-state index contributed by atoms with van der Waals surface area (Å²) in [5, 5.41) is 7.41. The van der Waals surface area contributed by atoms with Gasteiger partial charge in [-0.05, 0) is 18.6 Å². The van der Waals surface area contributed by atoms with Crippen molar-refractivity contribution >= 4 is 5.84 Å². The summed E-state index contributed by atoms with van der Waals surface area (Å²) in [5.41, 5.74) is 5.47. The molecule has 19 heavy (non-hydrogen) atoms. The topological polar surface area (TPSA) is 71.6 Å². The molecule has 1 aliphatic rings. The van der Waals surface area contributed by atoms with Gasteiger partial charge in [-0.25, -0.2) is 0 Å².